The average molecular weight is 249 g/mol. The van der Waals surface area contributed by atoms with Crippen molar-refractivity contribution in [1.29, 1.82) is 0 Å². The van der Waals surface area contributed by atoms with Gasteiger partial charge >= 0.3 is 7.82 Å². The third kappa shape index (κ3) is 6.36. The van der Waals surface area contributed by atoms with Gasteiger partial charge in [0.1, 0.15) is 10.8 Å². The lowest BCUT2D eigenvalue weighted by Crippen LogP contribution is -1.95. The van der Waals surface area contributed by atoms with Crippen molar-refractivity contribution in [3.05, 3.63) is 10.8 Å². The molecule has 13 heavy (non-hydrogen) atoms. The van der Waals surface area contributed by atoms with Crippen LogP contribution in [0.1, 0.15) is 13.3 Å². The van der Waals surface area contributed by atoms with Gasteiger partial charge in [-0.05, 0) is 6.42 Å². The molecule has 0 aromatic heterocycles. The first-order valence-corrected chi connectivity index (χ1v) is 5.75. The van der Waals surface area contributed by atoms with Crippen LogP contribution in [0.3, 0.4) is 0 Å². The summed E-state index contributed by atoms with van der Waals surface area (Å²) in [5, 5.41) is 0. The molecule has 0 heterocycles. The lowest BCUT2D eigenvalue weighted by Gasteiger charge is -2.13. The molecule has 0 aromatic carbocycles. The highest BCUT2D eigenvalue weighted by atomic mass is 35.5. The second kappa shape index (κ2) is 6.68. The summed E-state index contributed by atoms with van der Waals surface area (Å²) in [5.41, 5.74) is 0. The summed E-state index contributed by atoms with van der Waals surface area (Å²) in [4.78, 5) is 0. The smallest absolute Gasteiger partial charge is 0.409 e. The Kier molecular flexibility index (Phi) is 6.82. The summed E-state index contributed by atoms with van der Waals surface area (Å²) in [6, 6.07) is 0. The Morgan fingerprint density at radius 3 is 2.54 bits per heavy atom. The molecule has 0 saturated heterocycles. The van der Waals surface area contributed by atoms with Crippen molar-refractivity contribution in [2.75, 3.05) is 13.7 Å². The van der Waals surface area contributed by atoms with Gasteiger partial charge in [-0.3, -0.25) is 9.05 Å². The molecule has 0 amide bonds. The normalized spacial score (nSPS) is 14.8. The minimum Gasteiger partial charge on any atom is -0.409 e. The van der Waals surface area contributed by atoms with E-state index in [4.69, 9.17) is 27.7 Å². The average Bonchev–Trinajstić information content (AvgIpc) is 2.11. The number of rotatable bonds is 6. The Balaban J connectivity index is 4.12. The van der Waals surface area contributed by atoms with Gasteiger partial charge in [0.25, 0.3) is 0 Å². The molecular formula is C6H11Cl2O4P. The van der Waals surface area contributed by atoms with Crippen LogP contribution in [0.5, 0.6) is 0 Å². The van der Waals surface area contributed by atoms with Crippen LogP contribution in [-0.2, 0) is 18.1 Å². The van der Waals surface area contributed by atoms with Gasteiger partial charge in [-0.1, -0.05) is 30.1 Å². The Morgan fingerprint density at radius 2 is 2.15 bits per heavy atom. The molecule has 78 valence electrons. The van der Waals surface area contributed by atoms with Gasteiger partial charge in [0, 0.05) is 7.11 Å². The van der Waals surface area contributed by atoms with Crippen molar-refractivity contribution >= 4 is 31.0 Å². The SMILES string of the molecule is CCCOP(=O)(OC)OC=C(Cl)Cl. The molecule has 0 saturated carbocycles. The number of halogens is 2. The Morgan fingerprint density at radius 1 is 1.54 bits per heavy atom. The lowest BCUT2D eigenvalue weighted by atomic mass is 10.5. The first-order valence-electron chi connectivity index (χ1n) is 3.54. The van der Waals surface area contributed by atoms with E-state index in [-0.39, 0.29) is 11.1 Å². The monoisotopic (exact) mass is 248 g/mol. The highest BCUT2D eigenvalue weighted by Crippen LogP contribution is 2.49. The van der Waals surface area contributed by atoms with E-state index in [1.807, 2.05) is 6.92 Å². The van der Waals surface area contributed by atoms with Crippen LogP contribution in [0.2, 0.25) is 0 Å². The molecule has 4 nitrogen and oxygen atoms in total. The molecular weight excluding hydrogens is 238 g/mol. The Bertz CT molecular complexity index is 215. The maximum atomic E-state index is 11.4. The standard InChI is InChI=1S/C6H11Cl2O4P/c1-3-4-11-13(9,10-2)12-5-6(7)8/h5H,3-4H2,1-2H3. The summed E-state index contributed by atoms with van der Waals surface area (Å²) in [6.45, 7) is 2.14. The number of phosphoric ester groups is 1. The van der Waals surface area contributed by atoms with Gasteiger partial charge in [0.2, 0.25) is 0 Å². The highest BCUT2D eigenvalue weighted by Gasteiger charge is 2.24. The van der Waals surface area contributed by atoms with Crippen LogP contribution in [0, 0.1) is 0 Å². The van der Waals surface area contributed by atoms with E-state index in [1.165, 1.54) is 7.11 Å². The van der Waals surface area contributed by atoms with Crippen molar-refractivity contribution < 1.29 is 18.1 Å². The quantitative estimate of drug-likeness (QED) is 0.534. The minimum absolute atomic E-state index is 0.155. The molecule has 0 N–H and O–H groups in total. The van der Waals surface area contributed by atoms with Crippen LogP contribution in [0.4, 0.5) is 0 Å². The highest BCUT2D eigenvalue weighted by molar-refractivity contribution is 7.48. The molecule has 0 radical (unpaired) electrons. The third-order valence-electron chi connectivity index (χ3n) is 0.948. The number of phosphoric acid groups is 1. The summed E-state index contributed by atoms with van der Waals surface area (Å²) in [6.07, 6.45) is 1.61. The molecule has 1 unspecified atom stereocenters. The van der Waals surface area contributed by atoms with Crippen LogP contribution in [0.15, 0.2) is 10.8 Å². The predicted molar refractivity (Wildman–Crippen MR) is 51.7 cm³/mol. The van der Waals surface area contributed by atoms with E-state index < -0.39 is 7.82 Å². The zero-order valence-electron chi connectivity index (χ0n) is 7.33. The van der Waals surface area contributed by atoms with Gasteiger partial charge in [0.15, 0.2) is 0 Å². The zero-order valence-corrected chi connectivity index (χ0v) is 9.73. The fourth-order valence-corrected chi connectivity index (χ4v) is 1.54. The molecule has 1 atom stereocenters. The summed E-state index contributed by atoms with van der Waals surface area (Å²) < 4.78 is 25.3. The van der Waals surface area contributed by atoms with Gasteiger partial charge in [-0.2, -0.15) is 0 Å². The summed E-state index contributed by atoms with van der Waals surface area (Å²) in [5.74, 6) is 0. The van der Waals surface area contributed by atoms with Crippen molar-refractivity contribution in [2.24, 2.45) is 0 Å². The third-order valence-corrected chi connectivity index (χ3v) is 2.44. The largest absolute Gasteiger partial charge is 0.529 e. The van der Waals surface area contributed by atoms with Gasteiger partial charge < -0.3 is 4.52 Å². The topological polar surface area (TPSA) is 44.8 Å². The first-order chi connectivity index (χ1) is 6.04. The van der Waals surface area contributed by atoms with Crippen LogP contribution < -0.4 is 0 Å². The predicted octanol–water partition coefficient (Wildman–Crippen LogP) is 3.46. The fraction of sp³-hybridized carbons (Fsp3) is 0.667. The van der Waals surface area contributed by atoms with Gasteiger partial charge in [-0.15, -0.1) is 0 Å². The molecule has 7 heteroatoms. The molecule has 0 aliphatic carbocycles. The van der Waals surface area contributed by atoms with Crippen LogP contribution in [0.25, 0.3) is 0 Å². The van der Waals surface area contributed by atoms with Crippen molar-refractivity contribution in [1.82, 2.24) is 0 Å². The van der Waals surface area contributed by atoms with Gasteiger partial charge in [-0.25, -0.2) is 4.57 Å². The molecule has 0 aliphatic rings. The van der Waals surface area contributed by atoms with Crippen LogP contribution >= 0.6 is 31.0 Å². The van der Waals surface area contributed by atoms with E-state index in [9.17, 15) is 4.57 Å². The van der Waals surface area contributed by atoms with E-state index in [0.29, 0.717) is 6.42 Å². The molecule has 0 fully saturated rings. The molecule has 0 bridgehead atoms. The van der Waals surface area contributed by atoms with Crippen molar-refractivity contribution in [3.63, 3.8) is 0 Å². The minimum atomic E-state index is -3.52. The van der Waals surface area contributed by atoms with E-state index >= 15 is 0 Å². The maximum absolute atomic E-state index is 11.4. The van der Waals surface area contributed by atoms with Crippen LogP contribution in [-0.4, -0.2) is 13.7 Å². The molecule has 0 rings (SSSR count). The maximum Gasteiger partial charge on any atom is 0.529 e. The molecule has 0 aliphatic heterocycles. The van der Waals surface area contributed by atoms with E-state index in [1.54, 1.807) is 0 Å². The fourth-order valence-electron chi connectivity index (χ4n) is 0.434. The lowest BCUT2D eigenvalue weighted by molar-refractivity contribution is 0.165. The zero-order chi connectivity index (χ0) is 10.3. The first kappa shape index (κ1) is 13.3. The number of hydrogen-bond donors (Lipinski definition) is 0. The van der Waals surface area contributed by atoms with Crippen molar-refractivity contribution in [3.8, 4) is 0 Å². The van der Waals surface area contributed by atoms with E-state index in [0.717, 1.165) is 6.26 Å². The van der Waals surface area contributed by atoms with E-state index in [2.05, 4.69) is 9.05 Å². The summed E-state index contributed by atoms with van der Waals surface area (Å²) in [7, 11) is -2.30. The second-order valence-corrected chi connectivity index (χ2v) is 4.71. The summed E-state index contributed by atoms with van der Waals surface area (Å²) >= 11 is 10.5. The van der Waals surface area contributed by atoms with Gasteiger partial charge in [0.05, 0.1) is 6.61 Å². The number of hydrogen-bond acceptors (Lipinski definition) is 4. The Hall–Kier alpha value is 0.270. The molecule has 0 spiro atoms. The Labute approximate surface area is 87.4 Å². The second-order valence-electron chi connectivity index (χ2n) is 1.98. The van der Waals surface area contributed by atoms with Crippen molar-refractivity contribution in [2.45, 2.75) is 13.3 Å². The molecule has 0 aromatic rings.